The summed E-state index contributed by atoms with van der Waals surface area (Å²) in [6.45, 7) is 4.64. The zero-order valence-electron chi connectivity index (χ0n) is 8.81. The molecule has 0 radical (unpaired) electrons. The highest BCUT2D eigenvalue weighted by Gasteiger charge is 2.11. The molecule has 0 amide bonds. The molecule has 0 bridgehead atoms. The van der Waals surface area contributed by atoms with Crippen molar-refractivity contribution in [3.05, 3.63) is 35.9 Å². The Hall–Kier alpha value is -0.860. The van der Waals surface area contributed by atoms with Gasteiger partial charge in [0.15, 0.2) is 0 Å². The molecule has 0 saturated heterocycles. The summed E-state index contributed by atoms with van der Waals surface area (Å²) in [5.41, 5.74) is 0.957. The topological polar surface area (TPSA) is 29.5 Å². The zero-order valence-corrected chi connectivity index (χ0v) is 8.81. The largest absolute Gasteiger partial charge is 0.388 e. The lowest BCUT2D eigenvalue weighted by Crippen LogP contribution is -2.12. The van der Waals surface area contributed by atoms with Gasteiger partial charge in [0.05, 0.1) is 12.2 Å². The minimum atomic E-state index is -0.419. The van der Waals surface area contributed by atoms with Crippen LogP contribution in [0.3, 0.4) is 0 Å². The van der Waals surface area contributed by atoms with Crippen molar-refractivity contribution < 1.29 is 9.84 Å². The molecule has 1 rings (SSSR count). The predicted octanol–water partition coefficient (Wildman–Crippen LogP) is 2.54. The molecule has 0 aromatic heterocycles. The predicted molar refractivity (Wildman–Crippen MR) is 57.1 cm³/mol. The number of aliphatic hydroxyl groups excluding tert-OH is 1. The molecule has 0 fully saturated rings. The van der Waals surface area contributed by atoms with Crippen LogP contribution in [0, 0.1) is 0 Å². The van der Waals surface area contributed by atoms with Crippen molar-refractivity contribution in [2.24, 2.45) is 0 Å². The molecule has 2 unspecified atom stereocenters. The van der Waals surface area contributed by atoms with E-state index in [9.17, 15) is 5.11 Å². The van der Waals surface area contributed by atoms with E-state index in [0.717, 1.165) is 5.56 Å². The first-order valence-electron chi connectivity index (χ1n) is 5.08. The van der Waals surface area contributed by atoms with Gasteiger partial charge in [-0.3, -0.25) is 0 Å². The second-order valence-corrected chi connectivity index (χ2v) is 3.43. The molecule has 14 heavy (non-hydrogen) atoms. The van der Waals surface area contributed by atoms with E-state index in [-0.39, 0.29) is 6.10 Å². The standard InChI is InChI=1S/C12H18O2/c1-3-14-10(2)9-12(13)11-7-5-4-6-8-11/h4-8,10,12-13H,3,9H2,1-2H3. The molecule has 1 aromatic carbocycles. The van der Waals surface area contributed by atoms with Gasteiger partial charge in [-0.15, -0.1) is 0 Å². The minimum absolute atomic E-state index is 0.107. The highest BCUT2D eigenvalue weighted by atomic mass is 16.5. The fraction of sp³-hybridized carbons (Fsp3) is 0.500. The summed E-state index contributed by atoms with van der Waals surface area (Å²) in [5, 5.41) is 9.84. The summed E-state index contributed by atoms with van der Waals surface area (Å²) in [6, 6.07) is 9.68. The van der Waals surface area contributed by atoms with Gasteiger partial charge in [-0.1, -0.05) is 30.3 Å². The van der Waals surface area contributed by atoms with Crippen molar-refractivity contribution in [3.8, 4) is 0 Å². The normalized spacial score (nSPS) is 15.1. The average molecular weight is 194 g/mol. The Bertz CT molecular complexity index is 246. The van der Waals surface area contributed by atoms with E-state index in [0.29, 0.717) is 13.0 Å². The fourth-order valence-corrected chi connectivity index (χ4v) is 1.48. The fourth-order valence-electron chi connectivity index (χ4n) is 1.48. The van der Waals surface area contributed by atoms with Crippen LogP contribution >= 0.6 is 0 Å². The van der Waals surface area contributed by atoms with Crippen molar-refractivity contribution in [3.63, 3.8) is 0 Å². The maximum atomic E-state index is 9.84. The van der Waals surface area contributed by atoms with E-state index in [2.05, 4.69) is 0 Å². The van der Waals surface area contributed by atoms with Crippen LogP contribution in [0.4, 0.5) is 0 Å². The molecule has 0 aliphatic heterocycles. The second-order valence-electron chi connectivity index (χ2n) is 3.43. The maximum Gasteiger partial charge on any atom is 0.0814 e. The highest BCUT2D eigenvalue weighted by Crippen LogP contribution is 2.18. The highest BCUT2D eigenvalue weighted by molar-refractivity contribution is 5.17. The van der Waals surface area contributed by atoms with E-state index >= 15 is 0 Å². The third-order valence-corrected chi connectivity index (χ3v) is 2.19. The first kappa shape index (κ1) is 11.2. The quantitative estimate of drug-likeness (QED) is 0.780. The van der Waals surface area contributed by atoms with Crippen molar-refractivity contribution >= 4 is 0 Å². The van der Waals surface area contributed by atoms with Crippen LogP contribution in [0.5, 0.6) is 0 Å². The van der Waals surface area contributed by atoms with E-state index < -0.39 is 6.10 Å². The monoisotopic (exact) mass is 194 g/mol. The van der Waals surface area contributed by atoms with Gasteiger partial charge in [-0.25, -0.2) is 0 Å². The molecule has 2 atom stereocenters. The first-order valence-corrected chi connectivity index (χ1v) is 5.08. The SMILES string of the molecule is CCOC(C)CC(O)c1ccccc1. The van der Waals surface area contributed by atoms with Gasteiger partial charge >= 0.3 is 0 Å². The van der Waals surface area contributed by atoms with E-state index in [1.54, 1.807) is 0 Å². The molecule has 1 N–H and O–H groups in total. The van der Waals surface area contributed by atoms with Crippen molar-refractivity contribution in [1.82, 2.24) is 0 Å². The van der Waals surface area contributed by atoms with Gasteiger partial charge < -0.3 is 9.84 Å². The van der Waals surface area contributed by atoms with Crippen molar-refractivity contribution in [1.29, 1.82) is 0 Å². The summed E-state index contributed by atoms with van der Waals surface area (Å²) >= 11 is 0. The zero-order chi connectivity index (χ0) is 10.4. The van der Waals surface area contributed by atoms with Crippen molar-refractivity contribution in [2.75, 3.05) is 6.61 Å². The Morgan fingerprint density at radius 1 is 1.29 bits per heavy atom. The van der Waals surface area contributed by atoms with Gasteiger partial charge in [-0.2, -0.15) is 0 Å². The summed E-state index contributed by atoms with van der Waals surface area (Å²) in [5.74, 6) is 0. The third kappa shape index (κ3) is 3.48. The molecular formula is C12H18O2. The lowest BCUT2D eigenvalue weighted by Gasteiger charge is -2.16. The molecule has 1 aromatic rings. The number of hydrogen-bond acceptors (Lipinski definition) is 2. The van der Waals surface area contributed by atoms with Crippen LogP contribution in [0.1, 0.15) is 31.9 Å². The lowest BCUT2D eigenvalue weighted by molar-refractivity contribution is 0.0306. The lowest BCUT2D eigenvalue weighted by atomic mass is 10.0. The number of rotatable bonds is 5. The summed E-state index contributed by atoms with van der Waals surface area (Å²) in [7, 11) is 0. The molecule has 78 valence electrons. The van der Waals surface area contributed by atoms with Crippen LogP contribution in [-0.4, -0.2) is 17.8 Å². The molecule has 0 heterocycles. The molecule has 0 saturated carbocycles. The van der Waals surface area contributed by atoms with Crippen LogP contribution in [0.25, 0.3) is 0 Å². The van der Waals surface area contributed by atoms with Crippen LogP contribution in [0.15, 0.2) is 30.3 Å². The molecule has 2 heteroatoms. The van der Waals surface area contributed by atoms with Gasteiger partial charge in [-0.05, 0) is 19.4 Å². The minimum Gasteiger partial charge on any atom is -0.388 e. The third-order valence-electron chi connectivity index (χ3n) is 2.19. The average Bonchev–Trinajstić information content (AvgIpc) is 2.19. The van der Waals surface area contributed by atoms with Gasteiger partial charge in [0, 0.05) is 13.0 Å². The smallest absolute Gasteiger partial charge is 0.0814 e. The van der Waals surface area contributed by atoms with Gasteiger partial charge in [0.2, 0.25) is 0 Å². The molecule has 0 aliphatic rings. The van der Waals surface area contributed by atoms with Crippen LogP contribution < -0.4 is 0 Å². The summed E-state index contributed by atoms with van der Waals surface area (Å²) in [4.78, 5) is 0. The Kier molecular flexibility index (Phi) is 4.63. The van der Waals surface area contributed by atoms with Crippen molar-refractivity contribution in [2.45, 2.75) is 32.5 Å². The van der Waals surface area contributed by atoms with Gasteiger partial charge in [0.1, 0.15) is 0 Å². The molecule has 0 spiro atoms. The number of hydrogen-bond donors (Lipinski definition) is 1. The van der Waals surface area contributed by atoms with Gasteiger partial charge in [0.25, 0.3) is 0 Å². The first-order chi connectivity index (χ1) is 6.74. The van der Waals surface area contributed by atoms with E-state index in [1.165, 1.54) is 0 Å². The Labute approximate surface area is 85.5 Å². The molecular weight excluding hydrogens is 176 g/mol. The van der Waals surface area contributed by atoms with Crippen LogP contribution in [0.2, 0.25) is 0 Å². The Morgan fingerprint density at radius 2 is 1.93 bits per heavy atom. The Morgan fingerprint density at radius 3 is 2.50 bits per heavy atom. The number of aliphatic hydroxyl groups is 1. The van der Waals surface area contributed by atoms with E-state index in [1.807, 2.05) is 44.2 Å². The summed E-state index contributed by atoms with van der Waals surface area (Å²) < 4.78 is 5.37. The van der Waals surface area contributed by atoms with Crippen LogP contribution in [-0.2, 0) is 4.74 Å². The summed E-state index contributed by atoms with van der Waals surface area (Å²) in [6.07, 6.45) is 0.339. The van der Waals surface area contributed by atoms with E-state index in [4.69, 9.17) is 4.74 Å². The second kappa shape index (κ2) is 5.78. The molecule has 0 aliphatic carbocycles. The molecule has 2 nitrogen and oxygen atoms in total. The Balaban J connectivity index is 2.46. The maximum absolute atomic E-state index is 9.84. The number of ether oxygens (including phenoxy) is 1. The number of benzene rings is 1.